The molecule has 0 aliphatic rings. The van der Waals surface area contributed by atoms with E-state index in [1.807, 2.05) is 12.1 Å². The summed E-state index contributed by atoms with van der Waals surface area (Å²) in [7, 11) is 0. The Morgan fingerprint density at radius 1 is 1.33 bits per heavy atom. The molecule has 1 rings (SSSR count). The van der Waals surface area contributed by atoms with Crippen LogP contribution in [0.5, 0.6) is 5.75 Å². The lowest BCUT2D eigenvalue weighted by molar-refractivity contribution is 0.197. The third-order valence-electron chi connectivity index (χ3n) is 3.19. The molecule has 18 heavy (non-hydrogen) atoms. The van der Waals surface area contributed by atoms with Crippen LogP contribution in [0.15, 0.2) is 22.7 Å². The molecular weight excluding hydrogens is 294 g/mol. The van der Waals surface area contributed by atoms with Crippen LogP contribution in [0.3, 0.4) is 0 Å². The minimum absolute atomic E-state index is 0.0355. The number of aliphatic hydroxyl groups excluding tert-OH is 1. The van der Waals surface area contributed by atoms with Gasteiger partial charge in [0.1, 0.15) is 5.75 Å². The first-order chi connectivity index (χ1) is 8.49. The first-order valence-corrected chi connectivity index (χ1v) is 7.14. The van der Waals surface area contributed by atoms with Crippen LogP contribution in [-0.4, -0.2) is 22.9 Å². The van der Waals surface area contributed by atoms with Gasteiger partial charge in [0, 0.05) is 22.1 Å². The summed E-state index contributed by atoms with van der Waals surface area (Å²) in [4.78, 5) is 0. The predicted octanol–water partition coefficient (Wildman–Crippen LogP) is 3.21. The Balaban J connectivity index is 2.91. The van der Waals surface area contributed by atoms with Crippen LogP contribution in [0.2, 0.25) is 0 Å². The van der Waals surface area contributed by atoms with Crippen LogP contribution in [0.25, 0.3) is 0 Å². The van der Waals surface area contributed by atoms with Gasteiger partial charge in [0.05, 0.1) is 6.61 Å². The highest BCUT2D eigenvalue weighted by Crippen LogP contribution is 2.30. The smallest absolute Gasteiger partial charge is 0.120 e. The first kappa shape index (κ1) is 15.5. The minimum Gasteiger partial charge on any atom is -0.508 e. The van der Waals surface area contributed by atoms with Crippen molar-refractivity contribution in [2.75, 3.05) is 6.61 Å². The zero-order valence-corrected chi connectivity index (χ0v) is 12.7. The van der Waals surface area contributed by atoms with Gasteiger partial charge < -0.3 is 15.5 Å². The molecule has 3 N–H and O–H groups in total. The fourth-order valence-corrected chi connectivity index (χ4v) is 2.33. The number of nitrogens with one attached hydrogen (secondary N) is 1. The summed E-state index contributed by atoms with van der Waals surface area (Å²) in [5, 5.41) is 22.7. The van der Waals surface area contributed by atoms with Crippen LogP contribution in [0, 0.1) is 5.92 Å². The Hall–Kier alpha value is -0.580. The first-order valence-electron chi connectivity index (χ1n) is 6.34. The van der Waals surface area contributed by atoms with Gasteiger partial charge in [-0.05, 0) is 30.5 Å². The second-order valence-electron chi connectivity index (χ2n) is 4.86. The fourth-order valence-electron chi connectivity index (χ4n) is 1.95. The van der Waals surface area contributed by atoms with Crippen molar-refractivity contribution >= 4 is 15.9 Å². The maximum Gasteiger partial charge on any atom is 0.120 e. The molecule has 1 aromatic rings. The van der Waals surface area contributed by atoms with E-state index in [2.05, 4.69) is 42.0 Å². The molecule has 2 atom stereocenters. The number of phenols is 1. The number of hydrogen-bond donors (Lipinski definition) is 3. The number of hydrogen-bond acceptors (Lipinski definition) is 3. The molecule has 102 valence electrons. The number of halogens is 1. The van der Waals surface area contributed by atoms with Crippen molar-refractivity contribution in [2.24, 2.45) is 5.92 Å². The van der Waals surface area contributed by atoms with E-state index in [1.54, 1.807) is 6.07 Å². The topological polar surface area (TPSA) is 52.5 Å². The number of benzene rings is 1. The molecule has 0 heterocycles. The largest absolute Gasteiger partial charge is 0.508 e. The number of aromatic hydroxyl groups is 1. The zero-order chi connectivity index (χ0) is 13.7. The molecular formula is C14H22BrNO2. The van der Waals surface area contributed by atoms with E-state index in [4.69, 9.17) is 0 Å². The molecule has 0 saturated carbocycles. The lowest BCUT2D eigenvalue weighted by Gasteiger charge is -2.27. The van der Waals surface area contributed by atoms with E-state index >= 15 is 0 Å². The predicted molar refractivity (Wildman–Crippen MR) is 77.7 cm³/mol. The van der Waals surface area contributed by atoms with Crippen molar-refractivity contribution in [3.8, 4) is 5.75 Å². The molecule has 0 fully saturated rings. The maximum absolute atomic E-state index is 9.94. The highest BCUT2D eigenvalue weighted by Gasteiger charge is 2.20. The molecule has 0 amide bonds. The lowest BCUT2D eigenvalue weighted by atomic mass is 9.99. The highest BCUT2D eigenvalue weighted by atomic mass is 79.9. The summed E-state index contributed by atoms with van der Waals surface area (Å²) >= 11 is 3.42. The quantitative estimate of drug-likeness (QED) is 0.755. The van der Waals surface area contributed by atoms with Crippen LogP contribution < -0.4 is 5.32 Å². The van der Waals surface area contributed by atoms with Gasteiger partial charge in [-0.15, -0.1) is 0 Å². The SMILES string of the molecule is CCC(N[C@H](CO)C(C)C)c1cc(Br)ccc1O. The van der Waals surface area contributed by atoms with Crippen LogP contribution in [0.1, 0.15) is 38.8 Å². The highest BCUT2D eigenvalue weighted by molar-refractivity contribution is 9.10. The standard InChI is InChI=1S/C14H22BrNO2/c1-4-12(16-13(8-17)9(2)3)11-7-10(15)5-6-14(11)18/h5-7,9,12-13,16-18H,4,8H2,1-3H3/t12?,13-/m1/s1. The molecule has 0 bridgehead atoms. The lowest BCUT2D eigenvalue weighted by Crippen LogP contribution is -2.39. The molecule has 1 aromatic carbocycles. The summed E-state index contributed by atoms with van der Waals surface area (Å²) in [5.74, 6) is 0.636. The van der Waals surface area contributed by atoms with E-state index in [1.165, 1.54) is 0 Å². The Labute approximate surface area is 117 Å². The zero-order valence-electron chi connectivity index (χ0n) is 11.2. The Kier molecular flexibility index (Phi) is 6.12. The second kappa shape index (κ2) is 7.12. The Morgan fingerprint density at radius 3 is 2.50 bits per heavy atom. The van der Waals surface area contributed by atoms with Crippen molar-refractivity contribution in [1.29, 1.82) is 0 Å². The molecule has 3 nitrogen and oxygen atoms in total. The van der Waals surface area contributed by atoms with Gasteiger partial charge in [0.15, 0.2) is 0 Å². The molecule has 0 saturated heterocycles. The summed E-state index contributed by atoms with van der Waals surface area (Å²) in [6, 6.07) is 5.51. The van der Waals surface area contributed by atoms with Crippen molar-refractivity contribution < 1.29 is 10.2 Å². The third-order valence-corrected chi connectivity index (χ3v) is 3.68. The Bertz CT molecular complexity index is 382. The molecule has 0 aromatic heterocycles. The van der Waals surface area contributed by atoms with E-state index < -0.39 is 0 Å². The van der Waals surface area contributed by atoms with E-state index in [0.29, 0.717) is 5.92 Å². The maximum atomic E-state index is 9.94. The Morgan fingerprint density at radius 2 is 2.00 bits per heavy atom. The van der Waals surface area contributed by atoms with Crippen molar-refractivity contribution in [2.45, 2.75) is 39.3 Å². The second-order valence-corrected chi connectivity index (χ2v) is 5.78. The van der Waals surface area contributed by atoms with E-state index in [9.17, 15) is 10.2 Å². The van der Waals surface area contributed by atoms with Crippen LogP contribution in [0.4, 0.5) is 0 Å². The summed E-state index contributed by atoms with van der Waals surface area (Å²) in [6.45, 7) is 6.30. The van der Waals surface area contributed by atoms with Gasteiger partial charge in [-0.2, -0.15) is 0 Å². The molecule has 0 aliphatic carbocycles. The number of aliphatic hydroxyl groups is 1. The van der Waals surface area contributed by atoms with Gasteiger partial charge in [0.2, 0.25) is 0 Å². The molecule has 4 heteroatoms. The average Bonchev–Trinajstić information content (AvgIpc) is 2.34. The van der Waals surface area contributed by atoms with Crippen molar-refractivity contribution in [3.63, 3.8) is 0 Å². The number of phenolic OH excluding ortho intramolecular Hbond substituents is 1. The van der Waals surface area contributed by atoms with Crippen LogP contribution in [-0.2, 0) is 0 Å². The van der Waals surface area contributed by atoms with E-state index in [0.717, 1.165) is 16.5 Å². The van der Waals surface area contributed by atoms with Crippen LogP contribution >= 0.6 is 15.9 Å². The van der Waals surface area contributed by atoms with Crippen molar-refractivity contribution in [1.82, 2.24) is 5.32 Å². The summed E-state index contributed by atoms with van der Waals surface area (Å²) < 4.78 is 0.945. The van der Waals surface area contributed by atoms with Gasteiger partial charge in [-0.3, -0.25) is 0 Å². The average molecular weight is 316 g/mol. The monoisotopic (exact) mass is 315 g/mol. The van der Waals surface area contributed by atoms with Gasteiger partial charge in [0.25, 0.3) is 0 Å². The van der Waals surface area contributed by atoms with Crippen molar-refractivity contribution in [3.05, 3.63) is 28.2 Å². The number of rotatable bonds is 6. The van der Waals surface area contributed by atoms with Gasteiger partial charge in [-0.1, -0.05) is 36.7 Å². The van der Waals surface area contributed by atoms with E-state index in [-0.39, 0.29) is 24.4 Å². The molecule has 0 aliphatic heterocycles. The summed E-state index contributed by atoms with van der Waals surface area (Å²) in [6.07, 6.45) is 0.854. The minimum atomic E-state index is 0.0355. The molecule has 0 spiro atoms. The fraction of sp³-hybridized carbons (Fsp3) is 0.571. The molecule has 0 radical (unpaired) electrons. The normalized spacial score (nSPS) is 14.8. The molecule has 1 unspecified atom stereocenters. The van der Waals surface area contributed by atoms with Gasteiger partial charge in [-0.25, -0.2) is 0 Å². The third kappa shape index (κ3) is 3.97. The summed E-state index contributed by atoms with van der Waals surface area (Å²) in [5.41, 5.74) is 0.867. The van der Waals surface area contributed by atoms with Gasteiger partial charge >= 0.3 is 0 Å².